The Morgan fingerprint density at radius 2 is 1.73 bits per heavy atom. The Kier molecular flexibility index (Phi) is 5.17. The lowest BCUT2D eigenvalue weighted by atomic mass is 9.99. The first-order chi connectivity index (χ1) is 10.2. The first kappa shape index (κ1) is 17.3. The van der Waals surface area contributed by atoms with Crippen LogP contribution in [0.2, 0.25) is 10.0 Å². The molecule has 0 aliphatic carbocycles. The molecule has 0 amide bonds. The van der Waals surface area contributed by atoms with Crippen LogP contribution in [0.25, 0.3) is 0 Å². The molecule has 118 valence electrons. The van der Waals surface area contributed by atoms with E-state index in [2.05, 4.69) is 0 Å². The summed E-state index contributed by atoms with van der Waals surface area (Å²) in [6, 6.07) is 13.4. The summed E-state index contributed by atoms with van der Waals surface area (Å²) >= 11 is 11.8. The molecule has 1 atom stereocenters. The summed E-state index contributed by atoms with van der Waals surface area (Å²) in [5.41, 5.74) is -0.436. The normalized spacial score (nSPS) is 14.5. The molecule has 1 N–H and O–H groups in total. The van der Waals surface area contributed by atoms with E-state index in [9.17, 15) is 13.5 Å². The Bertz CT molecular complexity index is 756. The van der Waals surface area contributed by atoms with Gasteiger partial charge in [0.25, 0.3) is 0 Å². The topological polar surface area (TPSA) is 54.4 Å². The summed E-state index contributed by atoms with van der Waals surface area (Å²) in [4.78, 5) is 0. The quantitative estimate of drug-likeness (QED) is 0.883. The summed E-state index contributed by atoms with van der Waals surface area (Å²) in [6.45, 7) is 1.49. The van der Waals surface area contributed by atoms with Gasteiger partial charge in [-0.3, -0.25) is 0 Å². The zero-order valence-corrected chi connectivity index (χ0v) is 14.3. The van der Waals surface area contributed by atoms with E-state index >= 15 is 0 Å². The van der Waals surface area contributed by atoms with E-state index in [-0.39, 0.29) is 11.5 Å². The van der Waals surface area contributed by atoms with Gasteiger partial charge in [-0.05, 0) is 30.2 Å². The average Bonchev–Trinajstić information content (AvgIpc) is 2.42. The van der Waals surface area contributed by atoms with Crippen LogP contribution in [0.4, 0.5) is 0 Å². The summed E-state index contributed by atoms with van der Waals surface area (Å²) in [6.07, 6.45) is 0. The largest absolute Gasteiger partial charge is 0.384 e. The molecular weight excluding hydrogens is 343 g/mol. The number of hydrogen-bond donors (Lipinski definition) is 1. The number of hydrogen-bond acceptors (Lipinski definition) is 3. The third-order valence-corrected chi connectivity index (χ3v) is 5.63. The summed E-state index contributed by atoms with van der Waals surface area (Å²) in [5, 5.41) is 11.2. The van der Waals surface area contributed by atoms with Crippen molar-refractivity contribution in [2.45, 2.75) is 18.3 Å². The lowest BCUT2D eigenvalue weighted by Gasteiger charge is -2.23. The van der Waals surface area contributed by atoms with Crippen molar-refractivity contribution in [1.82, 2.24) is 0 Å². The summed E-state index contributed by atoms with van der Waals surface area (Å²) < 4.78 is 24.7. The minimum absolute atomic E-state index is 0.244. The van der Waals surface area contributed by atoms with Crippen molar-refractivity contribution in [2.24, 2.45) is 0 Å². The van der Waals surface area contributed by atoms with Gasteiger partial charge in [-0.2, -0.15) is 0 Å². The molecule has 2 rings (SSSR count). The minimum atomic E-state index is -3.55. The molecule has 0 aliphatic rings. The molecule has 0 aromatic heterocycles. The second-order valence-corrected chi connectivity index (χ2v) is 8.32. The molecule has 2 aromatic carbocycles. The van der Waals surface area contributed by atoms with Gasteiger partial charge in [0.1, 0.15) is 5.60 Å². The van der Waals surface area contributed by atoms with Crippen molar-refractivity contribution in [3.8, 4) is 0 Å². The molecule has 1 unspecified atom stereocenters. The zero-order valence-electron chi connectivity index (χ0n) is 12.0. The second kappa shape index (κ2) is 6.59. The van der Waals surface area contributed by atoms with Crippen molar-refractivity contribution >= 4 is 33.0 Å². The van der Waals surface area contributed by atoms with Crippen molar-refractivity contribution in [3.05, 3.63) is 69.7 Å². The molecule has 6 heteroatoms. The van der Waals surface area contributed by atoms with Crippen LogP contribution in [-0.2, 0) is 21.2 Å². The SMILES string of the molecule is CC(O)(CS(=O)(=O)Cc1ccc(Cl)cc1Cl)c1ccccc1. The van der Waals surface area contributed by atoms with Crippen molar-refractivity contribution < 1.29 is 13.5 Å². The van der Waals surface area contributed by atoms with E-state index in [0.29, 0.717) is 21.2 Å². The predicted molar refractivity (Wildman–Crippen MR) is 90.0 cm³/mol. The van der Waals surface area contributed by atoms with Crippen LogP contribution in [0.15, 0.2) is 48.5 Å². The molecule has 2 aromatic rings. The maximum absolute atomic E-state index is 12.4. The van der Waals surface area contributed by atoms with Crippen LogP contribution in [0, 0.1) is 0 Å². The van der Waals surface area contributed by atoms with E-state index in [1.54, 1.807) is 36.4 Å². The maximum atomic E-state index is 12.4. The van der Waals surface area contributed by atoms with Crippen LogP contribution in [0.3, 0.4) is 0 Å². The van der Waals surface area contributed by atoms with Gasteiger partial charge in [0, 0.05) is 10.0 Å². The van der Waals surface area contributed by atoms with Gasteiger partial charge in [-0.1, -0.05) is 59.6 Å². The third kappa shape index (κ3) is 4.46. The molecule has 0 spiro atoms. The number of sulfone groups is 1. The maximum Gasteiger partial charge on any atom is 0.157 e. The fourth-order valence-electron chi connectivity index (χ4n) is 2.24. The number of aliphatic hydroxyl groups is 1. The van der Waals surface area contributed by atoms with Crippen LogP contribution < -0.4 is 0 Å². The first-order valence-electron chi connectivity index (χ1n) is 6.62. The molecule has 0 bridgehead atoms. The monoisotopic (exact) mass is 358 g/mol. The van der Waals surface area contributed by atoms with Crippen LogP contribution >= 0.6 is 23.2 Å². The highest BCUT2D eigenvalue weighted by Gasteiger charge is 2.30. The standard InChI is InChI=1S/C16H16Cl2O3S/c1-16(19,13-5-3-2-4-6-13)11-22(20,21)10-12-7-8-14(17)9-15(12)18/h2-9,19H,10-11H2,1H3. The molecular formula is C16H16Cl2O3S. The lowest BCUT2D eigenvalue weighted by Crippen LogP contribution is -2.31. The lowest BCUT2D eigenvalue weighted by molar-refractivity contribution is 0.0819. The smallest absolute Gasteiger partial charge is 0.157 e. The molecule has 3 nitrogen and oxygen atoms in total. The summed E-state index contributed by atoms with van der Waals surface area (Å²) in [5.74, 6) is -0.630. The predicted octanol–water partition coefficient (Wildman–Crippen LogP) is 3.82. The van der Waals surface area contributed by atoms with Crippen molar-refractivity contribution in [2.75, 3.05) is 5.75 Å². The summed E-state index contributed by atoms with van der Waals surface area (Å²) in [7, 11) is -3.55. The average molecular weight is 359 g/mol. The number of halogens is 2. The first-order valence-corrected chi connectivity index (χ1v) is 9.20. The van der Waals surface area contributed by atoms with Crippen molar-refractivity contribution in [3.63, 3.8) is 0 Å². The highest BCUT2D eigenvalue weighted by Crippen LogP contribution is 2.27. The fourth-order valence-corrected chi connectivity index (χ4v) is 4.64. The molecule has 0 saturated heterocycles. The Morgan fingerprint density at radius 3 is 2.32 bits per heavy atom. The van der Waals surface area contributed by atoms with Gasteiger partial charge in [0.05, 0.1) is 11.5 Å². The Labute approximate surface area is 140 Å². The van der Waals surface area contributed by atoms with E-state index < -0.39 is 15.4 Å². The van der Waals surface area contributed by atoms with Gasteiger partial charge in [-0.25, -0.2) is 8.42 Å². The highest BCUT2D eigenvalue weighted by molar-refractivity contribution is 7.90. The third-order valence-electron chi connectivity index (χ3n) is 3.29. The molecule has 22 heavy (non-hydrogen) atoms. The molecule has 0 aliphatic heterocycles. The Hall–Kier alpha value is -1.07. The molecule has 0 heterocycles. The van der Waals surface area contributed by atoms with E-state index in [1.807, 2.05) is 6.07 Å². The van der Waals surface area contributed by atoms with Gasteiger partial charge >= 0.3 is 0 Å². The minimum Gasteiger partial charge on any atom is -0.384 e. The Morgan fingerprint density at radius 1 is 1.09 bits per heavy atom. The van der Waals surface area contributed by atoms with Crippen LogP contribution in [0.5, 0.6) is 0 Å². The molecule has 0 radical (unpaired) electrons. The van der Waals surface area contributed by atoms with Crippen LogP contribution in [-0.4, -0.2) is 19.3 Å². The molecule has 0 saturated carbocycles. The van der Waals surface area contributed by atoms with E-state index in [1.165, 1.54) is 13.0 Å². The van der Waals surface area contributed by atoms with Gasteiger partial charge < -0.3 is 5.11 Å². The molecule has 0 fully saturated rings. The van der Waals surface area contributed by atoms with E-state index in [0.717, 1.165) is 0 Å². The highest BCUT2D eigenvalue weighted by atomic mass is 35.5. The fraction of sp³-hybridized carbons (Fsp3) is 0.250. The number of rotatable bonds is 5. The van der Waals surface area contributed by atoms with Crippen molar-refractivity contribution in [1.29, 1.82) is 0 Å². The van der Waals surface area contributed by atoms with Gasteiger partial charge in [0.2, 0.25) is 0 Å². The van der Waals surface area contributed by atoms with Gasteiger partial charge in [-0.15, -0.1) is 0 Å². The zero-order chi connectivity index (χ0) is 16.4. The van der Waals surface area contributed by atoms with E-state index in [4.69, 9.17) is 23.2 Å². The Balaban J connectivity index is 2.21. The van der Waals surface area contributed by atoms with Crippen LogP contribution in [0.1, 0.15) is 18.1 Å². The van der Waals surface area contributed by atoms with Gasteiger partial charge in [0.15, 0.2) is 9.84 Å². The second-order valence-electron chi connectivity index (χ2n) is 5.41. The number of benzene rings is 2.